The van der Waals surface area contributed by atoms with E-state index in [0.29, 0.717) is 23.7 Å². The van der Waals surface area contributed by atoms with Gasteiger partial charge in [0.15, 0.2) is 0 Å². The van der Waals surface area contributed by atoms with Gasteiger partial charge in [-0.15, -0.1) is 0 Å². The Morgan fingerprint density at radius 2 is 1.63 bits per heavy atom. The molecule has 0 saturated carbocycles. The van der Waals surface area contributed by atoms with Crippen LogP contribution in [-0.2, 0) is 20.7 Å². The molecule has 1 unspecified atom stereocenters. The molecule has 2 aromatic rings. The lowest BCUT2D eigenvalue weighted by molar-refractivity contribution is -0.154. The summed E-state index contributed by atoms with van der Waals surface area (Å²) in [5.74, 6) is -0.639. The van der Waals surface area contributed by atoms with Crippen LogP contribution in [0.3, 0.4) is 0 Å². The third kappa shape index (κ3) is 6.24. The molecule has 4 nitrogen and oxygen atoms in total. The first-order chi connectivity index (χ1) is 13.0. The van der Waals surface area contributed by atoms with Crippen molar-refractivity contribution in [1.29, 1.82) is 0 Å². The minimum absolute atomic E-state index is 0.320. The number of unbranched alkanes of at least 4 members (excludes halogenated alkanes) is 1. The lowest BCUT2D eigenvalue weighted by atomic mass is 9.98. The van der Waals surface area contributed by atoms with Crippen LogP contribution in [0.15, 0.2) is 54.6 Å². The topological polar surface area (TPSA) is 52.6 Å². The van der Waals surface area contributed by atoms with Crippen molar-refractivity contribution in [1.82, 2.24) is 0 Å². The molecular formula is C23H28O4. The quantitative estimate of drug-likeness (QED) is 0.455. The Labute approximate surface area is 161 Å². The molecule has 1 atom stereocenters. The van der Waals surface area contributed by atoms with Gasteiger partial charge in [-0.05, 0) is 30.4 Å². The van der Waals surface area contributed by atoms with Crippen molar-refractivity contribution in [2.75, 3.05) is 6.61 Å². The van der Waals surface area contributed by atoms with Crippen LogP contribution in [0.4, 0.5) is 0 Å². The van der Waals surface area contributed by atoms with E-state index in [1.165, 1.54) is 0 Å². The van der Waals surface area contributed by atoms with E-state index in [0.717, 1.165) is 24.8 Å². The molecule has 0 aliphatic heterocycles. The highest BCUT2D eigenvalue weighted by Gasteiger charge is 2.28. The van der Waals surface area contributed by atoms with Gasteiger partial charge in [-0.3, -0.25) is 0 Å². The highest BCUT2D eigenvalue weighted by molar-refractivity contribution is 5.93. The monoisotopic (exact) mass is 368 g/mol. The average molecular weight is 368 g/mol. The summed E-state index contributed by atoms with van der Waals surface area (Å²) in [6.45, 7) is 6.54. The van der Waals surface area contributed by atoms with Crippen molar-refractivity contribution in [2.24, 2.45) is 5.92 Å². The van der Waals surface area contributed by atoms with Gasteiger partial charge in [-0.1, -0.05) is 75.7 Å². The highest BCUT2D eigenvalue weighted by atomic mass is 16.6. The van der Waals surface area contributed by atoms with Gasteiger partial charge in [0.05, 0.1) is 12.2 Å². The molecule has 0 aromatic heterocycles. The van der Waals surface area contributed by atoms with Crippen LogP contribution in [0, 0.1) is 5.92 Å². The van der Waals surface area contributed by atoms with Crippen molar-refractivity contribution in [3.8, 4) is 0 Å². The molecule has 0 heterocycles. The van der Waals surface area contributed by atoms with Crippen LogP contribution in [0.5, 0.6) is 0 Å². The van der Waals surface area contributed by atoms with Gasteiger partial charge in [0.1, 0.15) is 0 Å². The zero-order valence-electron chi connectivity index (χ0n) is 16.3. The lowest BCUT2D eigenvalue weighted by Crippen LogP contribution is -2.23. The first kappa shape index (κ1) is 20.7. The average Bonchev–Trinajstić information content (AvgIpc) is 2.66. The second-order valence-electron chi connectivity index (χ2n) is 6.97. The number of ether oxygens (including phenoxy) is 2. The zero-order chi connectivity index (χ0) is 19.6. The van der Waals surface area contributed by atoms with E-state index in [4.69, 9.17) is 9.47 Å². The summed E-state index contributed by atoms with van der Waals surface area (Å²) in [4.78, 5) is 25.4. The minimum atomic E-state index is -1.07. The van der Waals surface area contributed by atoms with Crippen LogP contribution < -0.4 is 0 Å². The lowest BCUT2D eigenvalue weighted by Gasteiger charge is -2.18. The maximum Gasteiger partial charge on any atom is 0.352 e. The summed E-state index contributed by atoms with van der Waals surface area (Å²) < 4.78 is 10.9. The van der Waals surface area contributed by atoms with Gasteiger partial charge in [0.25, 0.3) is 0 Å². The Kier molecular flexibility index (Phi) is 8.05. The number of hydrogen-bond donors (Lipinski definition) is 0. The standard InChI is InChI=1S/C23H28O4/c1-4-5-15-26-23(25)21(18-11-7-6-8-12-18)27-22(24)20-14-10-9-13-19(20)16-17(2)3/h6-14,17,21H,4-5,15-16H2,1-3H3. The van der Waals surface area contributed by atoms with Gasteiger partial charge < -0.3 is 9.47 Å². The van der Waals surface area contributed by atoms with E-state index < -0.39 is 18.0 Å². The number of carbonyl (C=O) groups excluding carboxylic acids is 2. The Hall–Kier alpha value is -2.62. The SMILES string of the molecule is CCCCOC(=O)C(OC(=O)c1ccccc1CC(C)C)c1ccccc1. The van der Waals surface area contributed by atoms with Crippen molar-refractivity contribution in [3.05, 3.63) is 71.3 Å². The molecule has 2 aromatic carbocycles. The molecule has 27 heavy (non-hydrogen) atoms. The summed E-state index contributed by atoms with van der Waals surface area (Å²) in [6, 6.07) is 16.4. The number of carbonyl (C=O) groups is 2. The fourth-order valence-electron chi connectivity index (χ4n) is 2.78. The van der Waals surface area contributed by atoms with Gasteiger partial charge in [0.2, 0.25) is 6.10 Å². The largest absolute Gasteiger partial charge is 0.463 e. The van der Waals surface area contributed by atoms with Gasteiger partial charge in [0, 0.05) is 5.56 Å². The fourth-order valence-corrected chi connectivity index (χ4v) is 2.78. The van der Waals surface area contributed by atoms with Crippen molar-refractivity contribution >= 4 is 11.9 Å². The van der Waals surface area contributed by atoms with Gasteiger partial charge in [-0.25, -0.2) is 9.59 Å². The minimum Gasteiger partial charge on any atom is -0.463 e. The Morgan fingerprint density at radius 1 is 0.963 bits per heavy atom. The summed E-state index contributed by atoms with van der Waals surface area (Å²) in [5.41, 5.74) is 2.02. The first-order valence-corrected chi connectivity index (χ1v) is 9.53. The van der Waals surface area contributed by atoms with Crippen molar-refractivity contribution < 1.29 is 19.1 Å². The number of benzene rings is 2. The number of esters is 2. The van der Waals surface area contributed by atoms with Crippen LogP contribution in [-0.4, -0.2) is 18.5 Å². The molecule has 0 N–H and O–H groups in total. The molecule has 2 rings (SSSR count). The smallest absolute Gasteiger partial charge is 0.352 e. The highest BCUT2D eigenvalue weighted by Crippen LogP contribution is 2.23. The maximum absolute atomic E-state index is 12.8. The predicted molar refractivity (Wildman–Crippen MR) is 105 cm³/mol. The Bertz CT molecular complexity index is 737. The molecule has 0 bridgehead atoms. The summed E-state index contributed by atoms with van der Waals surface area (Å²) in [7, 11) is 0. The van der Waals surface area contributed by atoms with Crippen LogP contribution in [0.2, 0.25) is 0 Å². The third-order valence-corrected chi connectivity index (χ3v) is 4.15. The van der Waals surface area contributed by atoms with E-state index >= 15 is 0 Å². The zero-order valence-corrected chi connectivity index (χ0v) is 16.3. The maximum atomic E-state index is 12.8. The van der Waals surface area contributed by atoms with E-state index in [9.17, 15) is 9.59 Å². The number of rotatable bonds is 9. The molecular weight excluding hydrogens is 340 g/mol. The third-order valence-electron chi connectivity index (χ3n) is 4.15. The van der Waals surface area contributed by atoms with E-state index in [1.807, 2.05) is 37.3 Å². The van der Waals surface area contributed by atoms with Gasteiger partial charge >= 0.3 is 11.9 Å². The molecule has 0 aliphatic rings. The fraction of sp³-hybridized carbons (Fsp3) is 0.391. The molecule has 0 amide bonds. The molecule has 0 radical (unpaired) electrons. The van der Waals surface area contributed by atoms with Crippen LogP contribution in [0.25, 0.3) is 0 Å². The predicted octanol–water partition coefficient (Wildman–Crippen LogP) is 5.13. The van der Waals surface area contributed by atoms with Crippen molar-refractivity contribution in [3.63, 3.8) is 0 Å². The van der Waals surface area contributed by atoms with Crippen molar-refractivity contribution in [2.45, 2.75) is 46.1 Å². The van der Waals surface area contributed by atoms with Crippen LogP contribution in [0.1, 0.15) is 61.2 Å². The van der Waals surface area contributed by atoms with Crippen LogP contribution >= 0.6 is 0 Å². The summed E-state index contributed by atoms with van der Waals surface area (Å²) in [6.07, 6.45) is 1.40. The first-order valence-electron chi connectivity index (χ1n) is 9.53. The number of hydrogen-bond acceptors (Lipinski definition) is 4. The Morgan fingerprint density at radius 3 is 2.30 bits per heavy atom. The van der Waals surface area contributed by atoms with Gasteiger partial charge in [-0.2, -0.15) is 0 Å². The molecule has 144 valence electrons. The molecule has 0 saturated heterocycles. The van der Waals surface area contributed by atoms with E-state index in [2.05, 4.69) is 13.8 Å². The Balaban J connectivity index is 2.22. The summed E-state index contributed by atoms with van der Waals surface area (Å²) in [5, 5.41) is 0. The second kappa shape index (κ2) is 10.5. The second-order valence-corrected chi connectivity index (χ2v) is 6.97. The molecule has 0 aliphatic carbocycles. The van der Waals surface area contributed by atoms with E-state index in [1.54, 1.807) is 24.3 Å². The molecule has 0 spiro atoms. The van der Waals surface area contributed by atoms with E-state index in [-0.39, 0.29) is 0 Å². The normalized spacial score (nSPS) is 11.9. The molecule has 4 heteroatoms. The molecule has 0 fully saturated rings. The summed E-state index contributed by atoms with van der Waals surface area (Å²) >= 11 is 0.